The number of H-pyrrole nitrogens is 2. The van der Waals surface area contributed by atoms with Crippen LogP contribution in [-0.2, 0) is 0 Å². The van der Waals surface area contributed by atoms with Gasteiger partial charge in [0.1, 0.15) is 17.0 Å². The minimum absolute atomic E-state index is 0.0280. The van der Waals surface area contributed by atoms with Crippen molar-refractivity contribution >= 4 is 10.9 Å². The van der Waals surface area contributed by atoms with Crippen molar-refractivity contribution in [2.24, 2.45) is 0 Å². The number of hydrogen-bond donors (Lipinski definition) is 2. The molecule has 0 aliphatic heterocycles. The fourth-order valence-electron chi connectivity index (χ4n) is 1.67. The summed E-state index contributed by atoms with van der Waals surface area (Å²) in [5.74, 6) is -0.211. The normalized spacial score (nSPS) is 10.9. The van der Waals surface area contributed by atoms with E-state index in [1.807, 2.05) is 0 Å². The molecule has 5 nitrogen and oxygen atoms in total. The first-order valence-corrected chi connectivity index (χ1v) is 4.93. The maximum atomic E-state index is 13.4. The van der Waals surface area contributed by atoms with Gasteiger partial charge in [-0.15, -0.1) is 0 Å². The molecule has 0 saturated heterocycles. The van der Waals surface area contributed by atoms with Crippen LogP contribution in [0, 0.1) is 5.82 Å². The zero-order valence-corrected chi connectivity index (χ0v) is 8.57. The second-order valence-corrected chi connectivity index (χ2v) is 3.54. The molecular weight excluding hydrogens is 223 g/mol. The lowest BCUT2D eigenvalue weighted by atomic mass is 10.2. The molecule has 0 radical (unpaired) electrons. The Kier molecular flexibility index (Phi) is 2.01. The topological polar surface area (TPSA) is 74.4 Å². The third-order valence-electron chi connectivity index (χ3n) is 2.45. The van der Waals surface area contributed by atoms with Crippen LogP contribution in [0.15, 0.2) is 35.4 Å². The van der Waals surface area contributed by atoms with E-state index in [0.717, 1.165) is 0 Å². The fourth-order valence-corrected chi connectivity index (χ4v) is 1.67. The molecule has 1 aromatic carbocycles. The summed E-state index contributed by atoms with van der Waals surface area (Å²) >= 11 is 0. The molecule has 84 valence electrons. The predicted molar refractivity (Wildman–Crippen MR) is 59.9 cm³/mol. The number of nitrogens with one attached hydrogen (secondary N) is 2. The molecule has 2 heterocycles. The number of rotatable bonds is 1. The Bertz CT molecular complexity index is 733. The van der Waals surface area contributed by atoms with Crippen LogP contribution in [-0.4, -0.2) is 20.2 Å². The molecule has 17 heavy (non-hydrogen) atoms. The highest BCUT2D eigenvalue weighted by Gasteiger charge is 2.09. The first-order chi connectivity index (χ1) is 8.25. The minimum Gasteiger partial charge on any atom is -0.306 e. The van der Waals surface area contributed by atoms with Gasteiger partial charge in [-0.25, -0.2) is 9.37 Å². The van der Waals surface area contributed by atoms with Crippen molar-refractivity contribution in [2.75, 3.05) is 0 Å². The molecule has 0 fully saturated rings. The van der Waals surface area contributed by atoms with Crippen LogP contribution in [0.2, 0.25) is 0 Å². The quantitative estimate of drug-likeness (QED) is 0.664. The molecule has 6 heteroatoms. The third kappa shape index (κ3) is 1.50. The monoisotopic (exact) mass is 230 g/mol. The number of hydrogen-bond acceptors (Lipinski definition) is 3. The Morgan fingerprint density at radius 1 is 1.29 bits per heavy atom. The molecule has 0 bridgehead atoms. The molecule has 0 amide bonds. The second kappa shape index (κ2) is 3.51. The Morgan fingerprint density at radius 2 is 2.18 bits per heavy atom. The average molecular weight is 230 g/mol. The summed E-state index contributed by atoms with van der Waals surface area (Å²) < 4.78 is 13.4. The van der Waals surface area contributed by atoms with Gasteiger partial charge < -0.3 is 4.98 Å². The molecule has 3 aromatic rings. The zero-order valence-electron chi connectivity index (χ0n) is 8.57. The lowest BCUT2D eigenvalue weighted by Crippen LogP contribution is -2.10. The van der Waals surface area contributed by atoms with Crippen molar-refractivity contribution < 1.29 is 4.39 Å². The van der Waals surface area contributed by atoms with Gasteiger partial charge in [-0.05, 0) is 12.1 Å². The molecule has 0 spiro atoms. The smallest absolute Gasteiger partial charge is 0.262 e. The van der Waals surface area contributed by atoms with E-state index in [0.29, 0.717) is 16.9 Å². The Morgan fingerprint density at radius 3 is 2.94 bits per heavy atom. The molecule has 2 N–H and O–H groups in total. The van der Waals surface area contributed by atoms with E-state index in [4.69, 9.17) is 0 Å². The number of nitrogens with zero attached hydrogens (tertiary/aromatic N) is 2. The lowest BCUT2D eigenvalue weighted by molar-refractivity contribution is 0.638. The van der Waals surface area contributed by atoms with Crippen molar-refractivity contribution in [2.45, 2.75) is 0 Å². The highest BCUT2D eigenvalue weighted by atomic mass is 19.1. The van der Waals surface area contributed by atoms with Crippen LogP contribution in [0.5, 0.6) is 0 Å². The van der Waals surface area contributed by atoms with Crippen molar-refractivity contribution in [3.63, 3.8) is 0 Å². The first kappa shape index (κ1) is 9.71. The van der Waals surface area contributed by atoms with E-state index in [9.17, 15) is 9.18 Å². The number of aromatic amines is 2. The molecule has 0 unspecified atom stereocenters. The van der Waals surface area contributed by atoms with Gasteiger partial charge in [0.05, 0.1) is 17.3 Å². The van der Waals surface area contributed by atoms with E-state index in [2.05, 4.69) is 20.2 Å². The number of aromatic nitrogens is 4. The van der Waals surface area contributed by atoms with Crippen LogP contribution >= 0.6 is 0 Å². The second-order valence-electron chi connectivity index (χ2n) is 3.54. The van der Waals surface area contributed by atoms with Crippen LogP contribution in [0.3, 0.4) is 0 Å². The standard InChI is InChI=1S/C11H7FN4O/c12-7-2-1-3-8-9(7)11(17)16-10(15-8)6-4-13-14-5-6/h1-5H,(H,13,14)(H,15,16,17). The van der Waals surface area contributed by atoms with Gasteiger partial charge >= 0.3 is 0 Å². The van der Waals surface area contributed by atoms with Gasteiger partial charge in [0.25, 0.3) is 5.56 Å². The highest BCUT2D eigenvalue weighted by Crippen LogP contribution is 2.16. The van der Waals surface area contributed by atoms with Gasteiger partial charge in [-0.1, -0.05) is 6.07 Å². The van der Waals surface area contributed by atoms with E-state index in [1.165, 1.54) is 18.3 Å². The van der Waals surface area contributed by atoms with Crippen molar-refractivity contribution in [3.8, 4) is 11.4 Å². The highest BCUT2D eigenvalue weighted by molar-refractivity contribution is 5.79. The van der Waals surface area contributed by atoms with Crippen LogP contribution in [0.1, 0.15) is 0 Å². The predicted octanol–water partition coefficient (Wildman–Crippen LogP) is 1.45. The van der Waals surface area contributed by atoms with Gasteiger partial charge in [-0.3, -0.25) is 9.89 Å². The van der Waals surface area contributed by atoms with E-state index < -0.39 is 11.4 Å². The molecule has 2 aromatic heterocycles. The largest absolute Gasteiger partial charge is 0.306 e. The fraction of sp³-hybridized carbons (Fsp3) is 0. The number of halogens is 1. The van der Waals surface area contributed by atoms with Crippen LogP contribution < -0.4 is 5.56 Å². The summed E-state index contributed by atoms with van der Waals surface area (Å²) in [4.78, 5) is 18.5. The molecule has 0 aliphatic rings. The van der Waals surface area contributed by atoms with E-state index >= 15 is 0 Å². The summed E-state index contributed by atoms with van der Waals surface area (Å²) in [6.07, 6.45) is 3.13. The molecular formula is C11H7FN4O. The molecule has 0 saturated carbocycles. The van der Waals surface area contributed by atoms with Gasteiger partial charge in [0, 0.05) is 6.20 Å². The van der Waals surface area contributed by atoms with Gasteiger partial charge in [-0.2, -0.15) is 5.10 Å². The zero-order chi connectivity index (χ0) is 11.8. The number of fused-ring (bicyclic) bond motifs is 1. The van der Waals surface area contributed by atoms with Gasteiger partial charge in [0.15, 0.2) is 0 Å². The Hall–Kier alpha value is -2.50. The molecule has 0 atom stereocenters. The Balaban J connectivity index is 2.36. The van der Waals surface area contributed by atoms with Crippen molar-refractivity contribution in [3.05, 3.63) is 46.8 Å². The van der Waals surface area contributed by atoms with Crippen LogP contribution in [0.25, 0.3) is 22.3 Å². The van der Waals surface area contributed by atoms with Gasteiger partial charge in [0.2, 0.25) is 0 Å². The average Bonchev–Trinajstić information content (AvgIpc) is 2.81. The summed E-state index contributed by atoms with van der Waals surface area (Å²) in [6, 6.07) is 4.34. The van der Waals surface area contributed by atoms with Crippen molar-refractivity contribution in [1.82, 2.24) is 20.2 Å². The van der Waals surface area contributed by atoms with Crippen molar-refractivity contribution in [1.29, 1.82) is 0 Å². The summed E-state index contributed by atoms with van der Waals surface area (Å²) in [5.41, 5.74) is 0.475. The summed E-state index contributed by atoms with van der Waals surface area (Å²) in [5, 5.41) is 6.36. The Labute approximate surface area is 94.3 Å². The van der Waals surface area contributed by atoms with E-state index in [1.54, 1.807) is 12.3 Å². The maximum Gasteiger partial charge on any atom is 0.262 e. The lowest BCUT2D eigenvalue weighted by Gasteiger charge is -2.00. The first-order valence-electron chi connectivity index (χ1n) is 4.93. The summed E-state index contributed by atoms with van der Waals surface area (Å²) in [6.45, 7) is 0. The SMILES string of the molecule is O=c1[nH]c(-c2cn[nH]c2)nc2cccc(F)c12. The molecule has 0 aliphatic carbocycles. The third-order valence-corrected chi connectivity index (χ3v) is 2.45. The minimum atomic E-state index is -0.574. The summed E-state index contributed by atoms with van der Waals surface area (Å²) in [7, 11) is 0. The molecule has 3 rings (SSSR count). The maximum absolute atomic E-state index is 13.4. The van der Waals surface area contributed by atoms with Crippen LogP contribution in [0.4, 0.5) is 4.39 Å². The number of benzene rings is 1. The van der Waals surface area contributed by atoms with E-state index in [-0.39, 0.29) is 5.39 Å².